The van der Waals surface area contributed by atoms with Crippen LogP contribution in [-0.2, 0) is 5.54 Å². The van der Waals surface area contributed by atoms with E-state index < -0.39 is 5.54 Å². The van der Waals surface area contributed by atoms with Crippen molar-refractivity contribution in [1.82, 2.24) is 9.55 Å². The number of nitrogens with two attached hydrogens (primary N) is 1. The molecule has 6 nitrogen and oxygen atoms in total. The molecule has 2 aromatic rings. The minimum Gasteiger partial charge on any atom is -0.399 e. The number of hydrogen-bond acceptors (Lipinski definition) is 5. The van der Waals surface area contributed by atoms with Gasteiger partial charge in [0.1, 0.15) is 11.4 Å². The molecule has 0 saturated carbocycles. The maximum absolute atomic E-state index is 9.68. The quantitative estimate of drug-likeness (QED) is 0.594. The van der Waals surface area contributed by atoms with Gasteiger partial charge in [-0.3, -0.25) is 0 Å². The number of fused-ring (bicyclic) bond motifs is 1. The summed E-state index contributed by atoms with van der Waals surface area (Å²) in [4.78, 5) is 4.53. The van der Waals surface area contributed by atoms with Gasteiger partial charge in [-0.05, 0) is 18.2 Å². The molecule has 0 radical (unpaired) electrons. The first-order valence-electron chi connectivity index (χ1n) is 6.60. The summed E-state index contributed by atoms with van der Waals surface area (Å²) in [5.41, 5.74) is 6.61. The molecule has 1 aromatic heterocycles. The predicted molar refractivity (Wildman–Crippen MR) is 77.5 cm³/mol. The van der Waals surface area contributed by atoms with Gasteiger partial charge in [0.05, 0.1) is 30.9 Å². The van der Waals surface area contributed by atoms with E-state index in [9.17, 15) is 15.3 Å². The predicted octanol–water partition coefficient (Wildman–Crippen LogP) is 0.414. The van der Waals surface area contributed by atoms with Crippen LogP contribution in [0.15, 0.2) is 18.2 Å². The van der Waals surface area contributed by atoms with Crippen LogP contribution < -0.4 is 5.73 Å². The van der Waals surface area contributed by atoms with Gasteiger partial charge in [0.25, 0.3) is 0 Å². The molecule has 1 heterocycles. The Labute approximate surface area is 117 Å². The second-order valence-electron chi connectivity index (χ2n) is 5.41. The van der Waals surface area contributed by atoms with Gasteiger partial charge in [0, 0.05) is 11.6 Å². The van der Waals surface area contributed by atoms with Crippen molar-refractivity contribution in [1.29, 1.82) is 0 Å². The fourth-order valence-corrected chi connectivity index (χ4v) is 2.36. The Morgan fingerprint density at radius 2 is 1.80 bits per heavy atom. The molecule has 6 heteroatoms. The molecular weight excluding hydrogens is 258 g/mol. The zero-order valence-corrected chi connectivity index (χ0v) is 11.7. The highest BCUT2D eigenvalue weighted by Crippen LogP contribution is 2.30. The molecule has 0 aliphatic carbocycles. The lowest BCUT2D eigenvalue weighted by atomic mass is 10.0. The lowest BCUT2D eigenvalue weighted by Crippen LogP contribution is -2.45. The largest absolute Gasteiger partial charge is 0.399 e. The zero-order chi connectivity index (χ0) is 14.9. The van der Waals surface area contributed by atoms with Gasteiger partial charge < -0.3 is 25.6 Å². The number of aliphatic hydroxyl groups is 3. The van der Waals surface area contributed by atoms with E-state index in [1.165, 1.54) is 0 Å². The van der Waals surface area contributed by atoms with E-state index in [4.69, 9.17) is 5.73 Å². The first-order chi connectivity index (χ1) is 9.49. The highest BCUT2D eigenvalue weighted by Gasteiger charge is 2.34. The highest BCUT2D eigenvalue weighted by molar-refractivity contribution is 5.80. The third kappa shape index (κ3) is 2.15. The van der Waals surface area contributed by atoms with Crippen molar-refractivity contribution in [3.05, 3.63) is 24.0 Å². The number of hydrogen-bond donors (Lipinski definition) is 4. The van der Waals surface area contributed by atoms with E-state index in [0.717, 1.165) is 5.52 Å². The second kappa shape index (κ2) is 5.40. The van der Waals surface area contributed by atoms with E-state index in [0.29, 0.717) is 17.0 Å². The Morgan fingerprint density at radius 3 is 2.30 bits per heavy atom. The van der Waals surface area contributed by atoms with Gasteiger partial charge in [-0.25, -0.2) is 4.98 Å². The topological polar surface area (TPSA) is 105 Å². The molecule has 5 N–H and O–H groups in total. The number of benzene rings is 1. The van der Waals surface area contributed by atoms with Crippen molar-refractivity contribution in [3.8, 4) is 0 Å². The molecule has 0 spiro atoms. The smallest absolute Gasteiger partial charge is 0.115 e. The van der Waals surface area contributed by atoms with Gasteiger partial charge in [-0.2, -0.15) is 0 Å². The fourth-order valence-electron chi connectivity index (χ4n) is 2.36. The lowest BCUT2D eigenvalue weighted by Gasteiger charge is -2.32. The van der Waals surface area contributed by atoms with E-state index in [-0.39, 0.29) is 25.7 Å². The van der Waals surface area contributed by atoms with E-state index >= 15 is 0 Å². The van der Waals surface area contributed by atoms with Crippen LogP contribution in [0.2, 0.25) is 0 Å². The summed E-state index contributed by atoms with van der Waals surface area (Å²) in [5, 5.41) is 29.0. The number of imidazole rings is 1. The Hall–Kier alpha value is -1.63. The maximum atomic E-state index is 9.68. The third-order valence-corrected chi connectivity index (χ3v) is 3.58. The van der Waals surface area contributed by atoms with Gasteiger partial charge in [-0.15, -0.1) is 0 Å². The molecule has 0 atom stereocenters. The minimum atomic E-state index is -1.18. The molecule has 0 saturated heterocycles. The van der Waals surface area contributed by atoms with Gasteiger partial charge in [-0.1, -0.05) is 13.8 Å². The number of nitrogens with zero attached hydrogens (tertiary/aromatic N) is 2. The SMILES string of the molecule is CC(C)c1nc2cc(N)ccc2n1C(CO)(CO)CO. The van der Waals surface area contributed by atoms with Crippen LogP contribution in [0.3, 0.4) is 0 Å². The molecule has 20 heavy (non-hydrogen) atoms. The molecular formula is C14H21N3O3. The lowest BCUT2D eigenvalue weighted by molar-refractivity contribution is 0.0157. The summed E-state index contributed by atoms with van der Waals surface area (Å²) in [6, 6.07) is 5.27. The van der Waals surface area contributed by atoms with Crippen LogP contribution in [0.25, 0.3) is 11.0 Å². The van der Waals surface area contributed by atoms with Crippen molar-refractivity contribution in [2.24, 2.45) is 0 Å². The van der Waals surface area contributed by atoms with Crippen molar-refractivity contribution in [2.75, 3.05) is 25.6 Å². The fraction of sp³-hybridized carbons (Fsp3) is 0.500. The Bertz CT molecular complexity index is 595. The summed E-state index contributed by atoms with van der Waals surface area (Å²) in [7, 11) is 0. The molecule has 0 aliphatic heterocycles. The van der Waals surface area contributed by atoms with Crippen LogP contribution >= 0.6 is 0 Å². The first kappa shape index (κ1) is 14.8. The van der Waals surface area contributed by atoms with Gasteiger partial charge in [0.15, 0.2) is 0 Å². The zero-order valence-electron chi connectivity index (χ0n) is 11.7. The Balaban J connectivity index is 2.80. The number of nitrogen functional groups attached to an aromatic ring is 1. The molecule has 1 aromatic carbocycles. The average molecular weight is 279 g/mol. The van der Waals surface area contributed by atoms with Crippen LogP contribution in [0, 0.1) is 0 Å². The van der Waals surface area contributed by atoms with E-state index in [1.807, 2.05) is 13.8 Å². The minimum absolute atomic E-state index is 0.0765. The molecule has 0 fully saturated rings. The van der Waals surface area contributed by atoms with E-state index in [1.54, 1.807) is 22.8 Å². The number of aliphatic hydroxyl groups excluding tert-OH is 3. The monoisotopic (exact) mass is 279 g/mol. The molecule has 0 unspecified atom stereocenters. The number of anilines is 1. The van der Waals surface area contributed by atoms with Crippen LogP contribution in [0.1, 0.15) is 25.6 Å². The van der Waals surface area contributed by atoms with Crippen molar-refractivity contribution in [2.45, 2.75) is 25.3 Å². The highest BCUT2D eigenvalue weighted by atomic mass is 16.3. The molecule has 0 amide bonds. The summed E-state index contributed by atoms with van der Waals surface area (Å²) in [5.74, 6) is 0.774. The number of rotatable bonds is 5. The van der Waals surface area contributed by atoms with Crippen molar-refractivity contribution < 1.29 is 15.3 Å². The summed E-state index contributed by atoms with van der Waals surface area (Å²) in [6.45, 7) is 2.80. The summed E-state index contributed by atoms with van der Waals surface area (Å²) >= 11 is 0. The van der Waals surface area contributed by atoms with Crippen LogP contribution in [0.4, 0.5) is 5.69 Å². The normalized spacial score (nSPS) is 12.5. The van der Waals surface area contributed by atoms with Crippen LogP contribution in [-0.4, -0.2) is 44.7 Å². The van der Waals surface area contributed by atoms with Gasteiger partial charge >= 0.3 is 0 Å². The van der Waals surface area contributed by atoms with Crippen LogP contribution in [0.5, 0.6) is 0 Å². The molecule has 0 bridgehead atoms. The second-order valence-corrected chi connectivity index (χ2v) is 5.41. The third-order valence-electron chi connectivity index (χ3n) is 3.58. The van der Waals surface area contributed by atoms with E-state index in [2.05, 4.69) is 4.98 Å². The Morgan fingerprint density at radius 1 is 1.20 bits per heavy atom. The Kier molecular flexibility index (Phi) is 3.99. The maximum Gasteiger partial charge on any atom is 0.115 e. The van der Waals surface area contributed by atoms with Gasteiger partial charge in [0.2, 0.25) is 0 Å². The summed E-state index contributed by atoms with van der Waals surface area (Å²) in [6.07, 6.45) is 0. The number of aromatic nitrogens is 2. The molecule has 2 rings (SSSR count). The van der Waals surface area contributed by atoms with Crippen molar-refractivity contribution in [3.63, 3.8) is 0 Å². The standard InChI is InChI=1S/C14H21N3O3/c1-9(2)13-16-11-5-10(15)3-4-12(11)17(13)14(6-18,7-19)8-20/h3-5,9,18-20H,6-8,15H2,1-2H3. The van der Waals surface area contributed by atoms with Crippen molar-refractivity contribution >= 4 is 16.7 Å². The summed E-state index contributed by atoms with van der Waals surface area (Å²) < 4.78 is 1.73. The molecule has 110 valence electrons. The first-order valence-corrected chi connectivity index (χ1v) is 6.60. The average Bonchev–Trinajstić information content (AvgIpc) is 2.81. The molecule has 0 aliphatic rings.